The summed E-state index contributed by atoms with van der Waals surface area (Å²) >= 11 is 0. The lowest BCUT2D eigenvalue weighted by atomic mass is 10.0. The molecule has 0 saturated carbocycles. The van der Waals surface area contributed by atoms with Crippen molar-refractivity contribution in [2.45, 2.75) is 38.1 Å². The molecule has 2 aromatic rings. The van der Waals surface area contributed by atoms with E-state index in [1.54, 1.807) is 7.11 Å². The third-order valence-electron chi connectivity index (χ3n) is 5.05. The standard InChI is InChI=1S/C22H28N2O2/c1-26-20-13-11-18(12-14-20)21-10-6-3-7-16-24(21)17-15-22(25)23-19-8-4-2-5-9-19/h2,4-5,8-9,11-14,21H,3,6-7,10,15-17H2,1H3,(H,23,25). The molecule has 0 aliphatic carbocycles. The van der Waals surface area contributed by atoms with Crippen molar-refractivity contribution in [3.05, 3.63) is 60.2 Å². The van der Waals surface area contributed by atoms with Crippen LogP contribution in [-0.2, 0) is 4.79 Å². The molecule has 3 rings (SSSR count). The molecule has 26 heavy (non-hydrogen) atoms. The fourth-order valence-corrected chi connectivity index (χ4v) is 3.63. The van der Waals surface area contributed by atoms with Gasteiger partial charge in [-0.05, 0) is 49.2 Å². The minimum atomic E-state index is 0.0777. The number of likely N-dealkylation sites (tertiary alicyclic amines) is 1. The number of hydrogen-bond acceptors (Lipinski definition) is 3. The number of nitrogens with zero attached hydrogens (tertiary/aromatic N) is 1. The number of amides is 1. The third-order valence-corrected chi connectivity index (χ3v) is 5.05. The van der Waals surface area contributed by atoms with E-state index in [1.807, 2.05) is 42.5 Å². The highest BCUT2D eigenvalue weighted by atomic mass is 16.5. The van der Waals surface area contributed by atoms with Gasteiger partial charge in [-0.3, -0.25) is 9.69 Å². The molecule has 1 aliphatic heterocycles. The Kier molecular flexibility index (Phi) is 6.67. The van der Waals surface area contributed by atoms with E-state index in [9.17, 15) is 4.79 Å². The van der Waals surface area contributed by atoms with Gasteiger partial charge < -0.3 is 10.1 Å². The number of hydrogen-bond donors (Lipinski definition) is 1. The Morgan fingerprint density at radius 1 is 1.08 bits per heavy atom. The summed E-state index contributed by atoms with van der Waals surface area (Å²) in [6.07, 6.45) is 5.36. The zero-order valence-electron chi connectivity index (χ0n) is 15.5. The average Bonchev–Trinajstić information content (AvgIpc) is 2.93. The van der Waals surface area contributed by atoms with Crippen LogP contribution in [0.25, 0.3) is 0 Å². The predicted molar refractivity (Wildman–Crippen MR) is 105 cm³/mol. The Hall–Kier alpha value is -2.33. The molecule has 0 spiro atoms. The summed E-state index contributed by atoms with van der Waals surface area (Å²) in [6.45, 7) is 1.84. The maximum atomic E-state index is 12.3. The quantitative estimate of drug-likeness (QED) is 0.823. The van der Waals surface area contributed by atoms with Crippen LogP contribution in [0.4, 0.5) is 5.69 Å². The third kappa shape index (κ3) is 5.09. The number of carbonyl (C=O) groups is 1. The van der Waals surface area contributed by atoms with E-state index in [-0.39, 0.29) is 5.91 Å². The van der Waals surface area contributed by atoms with Crippen LogP contribution in [0.1, 0.15) is 43.7 Å². The van der Waals surface area contributed by atoms with Crippen LogP contribution in [-0.4, -0.2) is 31.0 Å². The molecule has 1 fully saturated rings. The van der Waals surface area contributed by atoms with E-state index in [0.29, 0.717) is 12.5 Å². The Morgan fingerprint density at radius 2 is 1.85 bits per heavy atom. The van der Waals surface area contributed by atoms with Crippen LogP contribution in [0.15, 0.2) is 54.6 Å². The summed E-state index contributed by atoms with van der Waals surface area (Å²) in [4.78, 5) is 14.8. The highest BCUT2D eigenvalue weighted by Gasteiger charge is 2.23. The molecular formula is C22H28N2O2. The Labute approximate surface area is 156 Å². The number of ether oxygens (including phenoxy) is 1. The highest BCUT2D eigenvalue weighted by molar-refractivity contribution is 5.90. The summed E-state index contributed by atoms with van der Waals surface area (Å²) in [5.74, 6) is 0.963. The van der Waals surface area contributed by atoms with Gasteiger partial charge >= 0.3 is 0 Å². The summed E-state index contributed by atoms with van der Waals surface area (Å²) in [6, 6.07) is 18.4. The summed E-state index contributed by atoms with van der Waals surface area (Å²) < 4.78 is 5.28. The molecule has 1 unspecified atom stereocenters. The normalized spacial score (nSPS) is 18.1. The van der Waals surface area contributed by atoms with Gasteiger partial charge in [-0.15, -0.1) is 0 Å². The van der Waals surface area contributed by atoms with Crippen LogP contribution in [0.3, 0.4) is 0 Å². The zero-order valence-corrected chi connectivity index (χ0v) is 15.5. The average molecular weight is 352 g/mol. The van der Waals surface area contributed by atoms with E-state index >= 15 is 0 Å². The van der Waals surface area contributed by atoms with E-state index < -0.39 is 0 Å². The first kappa shape index (κ1) is 18.5. The lowest BCUT2D eigenvalue weighted by molar-refractivity contribution is -0.116. The molecule has 1 atom stereocenters. The van der Waals surface area contributed by atoms with Gasteiger partial charge in [0, 0.05) is 24.7 Å². The summed E-state index contributed by atoms with van der Waals surface area (Å²) in [5, 5.41) is 2.98. The van der Waals surface area contributed by atoms with Crippen LogP contribution >= 0.6 is 0 Å². The molecule has 0 bridgehead atoms. The molecule has 1 aliphatic rings. The number of nitrogens with one attached hydrogen (secondary N) is 1. The first-order valence-electron chi connectivity index (χ1n) is 9.49. The van der Waals surface area contributed by atoms with Crippen molar-refractivity contribution in [2.24, 2.45) is 0 Å². The van der Waals surface area contributed by atoms with Crippen molar-refractivity contribution in [1.29, 1.82) is 0 Å². The second-order valence-corrected chi connectivity index (χ2v) is 6.84. The van der Waals surface area contributed by atoms with Crippen molar-refractivity contribution < 1.29 is 9.53 Å². The molecule has 1 heterocycles. The maximum absolute atomic E-state index is 12.3. The number of benzene rings is 2. The molecule has 138 valence electrons. The van der Waals surface area contributed by atoms with Gasteiger partial charge in [-0.25, -0.2) is 0 Å². The maximum Gasteiger partial charge on any atom is 0.225 e. The fraction of sp³-hybridized carbons (Fsp3) is 0.409. The Morgan fingerprint density at radius 3 is 2.58 bits per heavy atom. The number of rotatable bonds is 6. The van der Waals surface area contributed by atoms with E-state index in [2.05, 4.69) is 22.3 Å². The summed E-state index contributed by atoms with van der Waals surface area (Å²) in [5.41, 5.74) is 2.18. The first-order valence-corrected chi connectivity index (χ1v) is 9.49. The second kappa shape index (κ2) is 9.39. The van der Waals surface area contributed by atoms with Crippen LogP contribution in [0.2, 0.25) is 0 Å². The van der Waals surface area contributed by atoms with Gasteiger partial charge in [0.25, 0.3) is 0 Å². The molecule has 0 radical (unpaired) electrons. The lowest BCUT2D eigenvalue weighted by Crippen LogP contribution is -2.31. The molecule has 0 aromatic heterocycles. The van der Waals surface area contributed by atoms with Gasteiger partial charge in [0.1, 0.15) is 5.75 Å². The van der Waals surface area contributed by atoms with E-state index in [4.69, 9.17) is 4.74 Å². The zero-order chi connectivity index (χ0) is 18.2. The van der Waals surface area contributed by atoms with Crippen LogP contribution < -0.4 is 10.1 Å². The number of para-hydroxylation sites is 1. The molecule has 4 heteroatoms. The van der Waals surface area contributed by atoms with Crippen molar-refractivity contribution in [2.75, 3.05) is 25.5 Å². The van der Waals surface area contributed by atoms with Gasteiger partial charge in [-0.2, -0.15) is 0 Å². The van der Waals surface area contributed by atoms with Crippen LogP contribution in [0.5, 0.6) is 5.75 Å². The molecular weight excluding hydrogens is 324 g/mol. The first-order chi connectivity index (χ1) is 12.8. The predicted octanol–water partition coefficient (Wildman–Crippen LogP) is 4.64. The molecule has 1 N–H and O–H groups in total. The fourth-order valence-electron chi connectivity index (χ4n) is 3.63. The van der Waals surface area contributed by atoms with Gasteiger partial charge in [-0.1, -0.05) is 43.2 Å². The van der Waals surface area contributed by atoms with Gasteiger partial charge in [0.05, 0.1) is 7.11 Å². The number of anilines is 1. The Bertz CT molecular complexity index is 685. The monoisotopic (exact) mass is 352 g/mol. The largest absolute Gasteiger partial charge is 0.497 e. The molecule has 1 amide bonds. The lowest BCUT2D eigenvalue weighted by Gasteiger charge is -2.30. The van der Waals surface area contributed by atoms with Gasteiger partial charge in [0.2, 0.25) is 5.91 Å². The highest BCUT2D eigenvalue weighted by Crippen LogP contribution is 2.31. The SMILES string of the molecule is COc1ccc(C2CCCCCN2CCC(=O)Nc2ccccc2)cc1. The smallest absolute Gasteiger partial charge is 0.225 e. The molecule has 1 saturated heterocycles. The summed E-state index contributed by atoms with van der Waals surface area (Å²) in [7, 11) is 1.69. The van der Waals surface area contributed by atoms with Crippen molar-refractivity contribution >= 4 is 11.6 Å². The van der Waals surface area contributed by atoms with E-state index in [0.717, 1.165) is 30.9 Å². The number of carbonyl (C=O) groups excluding carboxylic acids is 1. The van der Waals surface area contributed by atoms with E-state index in [1.165, 1.54) is 24.8 Å². The van der Waals surface area contributed by atoms with Crippen molar-refractivity contribution in [3.63, 3.8) is 0 Å². The second-order valence-electron chi connectivity index (χ2n) is 6.84. The van der Waals surface area contributed by atoms with Crippen molar-refractivity contribution in [1.82, 2.24) is 4.90 Å². The topological polar surface area (TPSA) is 41.6 Å². The Balaban J connectivity index is 1.61. The number of methoxy groups -OCH3 is 1. The minimum absolute atomic E-state index is 0.0777. The molecule has 2 aromatic carbocycles. The minimum Gasteiger partial charge on any atom is -0.497 e. The van der Waals surface area contributed by atoms with Crippen LogP contribution in [0, 0.1) is 0 Å². The van der Waals surface area contributed by atoms with Gasteiger partial charge in [0.15, 0.2) is 0 Å². The molecule has 4 nitrogen and oxygen atoms in total. The van der Waals surface area contributed by atoms with Crippen molar-refractivity contribution in [3.8, 4) is 5.75 Å².